The van der Waals surface area contributed by atoms with E-state index in [0.29, 0.717) is 18.5 Å². The van der Waals surface area contributed by atoms with Crippen LogP contribution < -0.4 is 15.4 Å². The van der Waals surface area contributed by atoms with E-state index < -0.39 is 11.9 Å². The van der Waals surface area contributed by atoms with Crippen LogP contribution in [0.5, 0.6) is 5.75 Å². The number of methoxy groups -OCH3 is 1. The van der Waals surface area contributed by atoms with Crippen LogP contribution in [-0.4, -0.2) is 30.9 Å². The number of nitrogens with one attached hydrogen (secondary N) is 2. The lowest BCUT2D eigenvalue weighted by Gasteiger charge is -2.27. The molecule has 130 valence electrons. The zero-order valence-corrected chi connectivity index (χ0v) is 14.4. The van der Waals surface area contributed by atoms with Crippen molar-refractivity contribution in [2.75, 3.05) is 13.7 Å². The summed E-state index contributed by atoms with van der Waals surface area (Å²) < 4.78 is 18.6. The van der Waals surface area contributed by atoms with Gasteiger partial charge >= 0.3 is 6.03 Å². The van der Waals surface area contributed by atoms with Crippen LogP contribution in [0.3, 0.4) is 0 Å². The van der Waals surface area contributed by atoms with Crippen LogP contribution in [0.2, 0.25) is 0 Å². The Kier molecular flexibility index (Phi) is 6.81. The van der Waals surface area contributed by atoms with Gasteiger partial charge in [-0.15, -0.1) is 0 Å². The molecule has 0 aromatic heterocycles. The lowest BCUT2D eigenvalue weighted by atomic mass is 9.87. The highest BCUT2D eigenvalue weighted by molar-refractivity contribution is 5.74. The second-order valence-corrected chi connectivity index (χ2v) is 6.66. The van der Waals surface area contributed by atoms with E-state index >= 15 is 0 Å². The van der Waals surface area contributed by atoms with Gasteiger partial charge in [0.15, 0.2) is 11.6 Å². The topological polar surface area (TPSA) is 70.6 Å². The number of halogens is 1. The number of ether oxygens (including phenoxy) is 1. The number of rotatable bonds is 7. The first-order chi connectivity index (χ1) is 10.6. The van der Waals surface area contributed by atoms with Crippen molar-refractivity contribution in [3.63, 3.8) is 0 Å². The fourth-order valence-corrected chi connectivity index (χ4v) is 2.47. The van der Waals surface area contributed by atoms with Crippen molar-refractivity contribution in [2.24, 2.45) is 5.41 Å². The molecular weight excluding hydrogens is 299 g/mol. The fourth-order valence-electron chi connectivity index (χ4n) is 2.47. The van der Waals surface area contributed by atoms with Gasteiger partial charge < -0.3 is 20.5 Å². The summed E-state index contributed by atoms with van der Waals surface area (Å²) in [5.74, 6) is -0.289. The van der Waals surface area contributed by atoms with E-state index in [4.69, 9.17) is 4.74 Å². The summed E-state index contributed by atoms with van der Waals surface area (Å²) in [7, 11) is 1.40. The first kappa shape index (κ1) is 19.2. The highest BCUT2D eigenvalue weighted by atomic mass is 19.1. The molecule has 0 aliphatic carbocycles. The number of aliphatic hydroxyl groups is 1. The predicted octanol–water partition coefficient (Wildman–Crippen LogP) is 2.99. The summed E-state index contributed by atoms with van der Waals surface area (Å²) in [5, 5.41) is 15.0. The number of aliphatic hydroxyl groups excluding tert-OH is 1. The molecule has 1 aromatic rings. The first-order valence-electron chi connectivity index (χ1n) is 7.70. The summed E-state index contributed by atoms with van der Waals surface area (Å²) in [5.41, 5.74) is 0.447. The van der Waals surface area contributed by atoms with E-state index in [-0.39, 0.29) is 23.2 Å². The number of hydrogen-bond acceptors (Lipinski definition) is 3. The van der Waals surface area contributed by atoms with Crippen LogP contribution in [-0.2, 0) is 0 Å². The molecule has 2 atom stereocenters. The van der Waals surface area contributed by atoms with Crippen LogP contribution in [0.15, 0.2) is 18.2 Å². The number of amides is 2. The molecule has 0 spiro atoms. The van der Waals surface area contributed by atoms with Crippen molar-refractivity contribution >= 4 is 6.03 Å². The maximum absolute atomic E-state index is 13.7. The molecule has 2 amide bonds. The summed E-state index contributed by atoms with van der Waals surface area (Å²) in [4.78, 5) is 12.0. The Hall–Kier alpha value is -1.82. The molecule has 2 unspecified atom stereocenters. The molecule has 0 aliphatic heterocycles. The number of carbonyl (C=O) groups excluding carboxylic acids is 1. The van der Waals surface area contributed by atoms with Gasteiger partial charge in [-0.1, -0.05) is 19.9 Å². The normalized spacial score (nSPS) is 14.0. The Balaban J connectivity index is 2.55. The van der Waals surface area contributed by atoms with Gasteiger partial charge in [0.2, 0.25) is 0 Å². The van der Waals surface area contributed by atoms with E-state index in [1.807, 2.05) is 13.8 Å². The number of urea groups is 1. The van der Waals surface area contributed by atoms with E-state index in [2.05, 4.69) is 10.6 Å². The van der Waals surface area contributed by atoms with Gasteiger partial charge in [0.25, 0.3) is 0 Å². The smallest absolute Gasteiger partial charge is 0.315 e. The molecule has 23 heavy (non-hydrogen) atoms. The molecule has 5 nitrogen and oxygen atoms in total. The van der Waals surface area contributed by atoms with Crippen LogP contribution in [0.25, 0.3) is 0 Å². The quantitative estimate of drug-likeness (QED) is 0.721. The van der Waals surface area contributed by atoms with Crippen LogP contribution in [0.1, 0.15) is 45.7 Å². The van der Waals surface area contributed by atoms with Gasteiger partial charge in [0.05, 0.1) is 19.3 Å². The first-order valence-corrected chi connectivity index (χ1v) is 7.70. The van der Waals surface area contributed by atoms with Gasteiger partial charge in [-0.05, 0) is 43.4 Å². The monoisotopic (exact) mass is 326 g/mol. The number of benzene rings is 1. The molecule has 0 radical (unpaired) electrons. The summed E-state index contributed by atoms with van der Waals surface area (Å²) in [6, 6.07) is 3.93. The Morgan fingerprint density at radius 1 is 1.39 bits per heavy atom. The van der Waals surface area contributed by atoms with Crippen molar-refractivity contribution in [3.8, 4) is 5.75 Å². The summed E-state index contributed by atoms with van der Waals surface area (Å²) in [6.45, 7) is 7.89. The summed E-state index contributed by atoms with van der Waals surface area (Å²) >= 11 is 0. The SMILES string of the molecule is COc1ccc(C(C)NC(=O)NCC(C)(C)CC(C)O)cc1F. The zero-order chi connectivity index (χ0) is 17.6. The Morgan fingerprint density at radius 3 is 2.57 bits per heavy atom. The van der Waals surface area contributed by atoms with Crippen molar-refractivity contribution in [1.82, 2.24) is 10.6 Å². The van der Waals surface area contributed by atoms with Crippen LogP contribution in [0, 0.1) is 11.2 Å². The van der Waals surface area contributed by atoms with E-state index in [1.165, 1.54) is 19.2 Å². The standard InChI is InChI=1S/C17H27FN2O3/c1-11(21)9-17(3,4)10-19-16(22)20-12(2)13-6-7-15(23-5)14(18)8-13/h6-8,11-12,21H,9-10H2,1-5H3,(H2,19,20,22). The molecule has 1 aromatic carbocycles. The third kappa shape index (κ3) is 6.44. The Labute approximate surface area is 137 Å². The van der Waals surface area contributed by atoms with E-state index in [1.54, 1.807) is 19.9 Å². The average molecular weight is 326 g/mol. The van der Waals surface area contributed by atoms with Crippen molar-refractivity contribution in [1.29, 1.82) is 0 Å². The van der Waals surface area contributed by atoms with Gasteiger partial charge in [-0.25, -0.2) is 9.18 Å². The minimum atomic E-state index is -0.461. The third-order valence-electron chi connectivity index (χ3n) is 3.60. The second-order valence-electron chi connectivity index (χ2n) is 6.66. The Morgan fingerprint density at radius 2 is 2.04 bits per heavy atom. The van der Waals surface area contributed by atoms with E-state index in [0.717, 1.165) is 0 Å². The number of carbonyl (C=O) groups is 1. The van der Waals surface area contributed by atoms with Crippen LogP contribution in [0.4, 0.5) is 9.18 Å². The largest absolute Gasteiger partial charge is 0.494 e. The third-order valence-corrected chi connectivity index (χ3v) is 3.60. The van der Waals surface area contributed by atoms with Gasteiger partial charge in [0, 0.05) is 6.54 Å². The molecule has 0 bridgehead atoms. The second kappa shape index (κ2) is 8.15. The van der Waals surface area contributed by atoms with Crippen LogP contribution >= 0.6 is 0 Å². The molecule has 1 rings (SSSR count). The lowest BCUT2D eigenvalue weighted by Crippen LogP contribution is -2.42. The maximum Gasteiger partial charge on any atom is 0.315 e. The maximum atomic E-state index is 13.7. The fraction of sp³-hybridized carbons (Fsp3) is 0.588. The van der Waals surface area contributed by atoms with Gasteiger partial charge in [-0.2, -0.15) is 0 Å². The van der Waals surface area contributed by atoms with E-state index in [9.17, 15) is 14.3 Å². The highest BCUT2D eigenvalue weighted by Gasteiger charge is 2.21. The molecule has 0 saturated heterocycles. The van der Waals surface area contributed by atoms with Crippen molar-refractivity contribution in [2.45, 2.75) is 46.3 Å². The average Bonchev–Trinajstić information content (AvgIpc) is 2.43. The molecule has 3 N–H and O–H groups in total. The zero-order valence-electron chi connectivity index (χ0n) is 14.4. The van der Waals surface area contributed by atoms with Crippen molar-refractivity contribution in [3.05, 3.63) is 29.6 Å². The van der Waals surface area contributed by atoms with Gasteiger partial charge in [-0.3, -0.25) is 0 Å². The minimum Gasteiger partial charge on any atom is -0.494 e. The highest BCUT2D eigenvalue weighted by Crippen LogP contribution is 2.22. The minimum absolute atomic E-state index is 0.172. The molecule has 6 heteroatoms. The molecule has 0 heterocycles. The van der Waals surface area contributed by atoms with Gasteiger partial charge in [0.1, 0.15) is 0 Å². The molecule has 0 fully saturated rings. The summed E-state index contributed by atoms with van der Waals surface area (Å²) in [6.07, 6.45) is 0.169. The molecular formula is C17H27FN2O3. The Bertz CT molecular complexity index is 533. The van der Waals surface area contributed by atoms with Crippen molar-refractivity contribution < 1.29 is 19.0 Å². The lowest BCUT2D eigenvalue weighted by molar-refractivity contribution is 0.128. The molecule has 0 saturated carbocycles. The number of hydrogen-bond donors (Lipinski definition) is 3. The predicted molar refractivity (Wildman–Crippen MR) is 88.0 cm³/mol. The molecule has 0 aliphatic rings.